The van der Waals surface area contributed by atoms with Crippen molar-refractivity contribution in [2.24, 2.45) is 0 Å². The molecule has 116 valence electrons. The van der Waals surface area contributed by atoms with Crippen LogP contribution in [0.2, 0.25) is 0 Å². The van der Waals surface area contributed by atoms with Gasteiger partial charge in [0.1, 0.15) is 0 Å². The third kappa shape index (κ3) is 2.53. The predicted octanol–water partition coefficient (Wildman–Crippen LogP) is 3.46. The average Bonchev–Trinajstić information content (AvgIpc) is 2.96. The van der Waals surface area contributed by atoms with E-state index in [2.05, 4.69) is 32.0 Å². The Kier molecular flexibility index (Phi) is 3.41. The van der Waals surface area contributed by atoms with Gasteiger partial charge in [-0.3, -0.25) is 9.20 Å². The molecule has 4 rings (SSSR count). The number of imidazole rings is 1. The van der Waals surface area contributed by atoms with Gasteiger partial charge in [0.25, 0.3) is 0 Å². The standard InChI is InChI=1S/C17H15BrN4O/c1-11(23)22-6-2-3-13-7-12(4-5-16(13)22)15-10-21-9-14(18)8-19-17(21)20-15/h4-5,7-10H,2-3,6H2,1H3. The molecule has 0 unspecified atom stereocenters. The van der Waals surface area contributed by atoms with E-state index in [-0.39, 0.29) is 5.91 Å². The molecule has 1 aliphatic rings. The van der Waals surface area contributed by atoms with E-state index in [9.17, 15) is 4.79 Å². The molecule has 2 aromatic heterocycles. The molecular weight excluding hydrogens is 356 g/mol. The molecule has 0 aliphatic carbocycles. The van der Waals surface area contributed by atoms with E-state index >= 15 is 0 Å². The summed E-state index contributed by atoms with van der Waals surface area (Å²) in [4.78, 5) is 22.5. The SMILES string of the molecule is CC(=O)N1CCCc2cc(-c3cn4cc(Br)cnc4n3)ccc21. The lowest BCUT2D eigenvalue weighted by Crippen LogP contribution is -2.33. The molecule has 1 aliphatic heterocycles. The second kappa shape index (κ2) is 5.45. The van der Waals surface area contributed by atoms with Crippen molar-refractivity contribution in [2.75, 3.05) is 11.4 Å². The van der Waals surface area contributed by atoms with Crippen molar-refractivity contribution in [1.29, 1.82) is 0 Å². The van der Waals surface area contributed by atoms with Crippen LogP contribution in [0.4, 0.5) is 5.69 Å². The van der Waals surface area contributed by atoms with E-state index < -0.39 is 0 Å². The molecule has 1 amide bonds. The highest BCUT2D eigenvalue weighted by Crippen LogP contribution is 2.31. The Bertz CT molecular complexity index is 918. The van der Waals surface area contributed by atoms with Gasteiger partial charge in [-0.15, -0.1) is 0 Å². The summed E-state index contributed by atoms with van der Waals surface area (Å²) in [6, 6.07) is 6.19. The predicted molar refractivity (Wildman–Crippen MR) is 92.5 cm³/mol. The number of hydrogen-bond acceptors (Lipinski definition) is 3. The van der Waals surface area contributed by atoms with Gasteiger partial charge in [0, 0.05) is 43.3 Å². The maximum atomic E-state index is 11.8. The number of anilines is 1. The van der Waals surface area contributed by atoms with Crippen LogP contribution in [0.3, 0.4) is 0 Å². The number of carbonyl (C=O) groups is 1. The van der Waals surface area contributed by atoms with E-state index in [1.165, 1.54) is 5.56 Å². The van der Waals surface area contributed by atoms with Crippen molar-refractivity contribution in [3.63, 3.8) is 0 Å². The van der Waals surface area contributed by atoms with Crippen LogP contribution in [0.25, 0.3) is 17.0 Å². The summed E-state index contributed by atoms with van der Waals surface area (Å²) in [5, 5.41) is 0. The van der Waals surface area contributed by atoms with Crippen LogP contribution in [-0.2, 0) is 11.2 Å². The molecule has 0 atom stereocenters. The Morgan fingerprint density at radius 3 is 3.00 bits per heavy atom. The summed E-state index contributed by atoms with van der Waals surface area (Å²) in [6.45, 7) is 2.42. The number of amides is 1. The normalized spacial score (nSPS) is 14.1. The lowest BCUT2D eigenvalue weighted by Gasteiger charge is -2.28. The summed E-state index contributed by atoms with van der Waals surface area (Å²) in [5.41, 5.74) is 4.17. The van der Waals surface area contributed by atoms with Crippen LogP contribution in [0.1, 0.15) is 18.9 Å². The second-order valence-electron chi connectivity index (χ2n) is 5.72. The number of benzene rings is 1. The number of rotatable bonds is 1. The number of aryl methyl sites for hydroxylation is 1. The lowest BCUT2D eigenvalue weighted by atomic mass is 9.98. The summed E-state index contributed by atoms with van der Waals surface area (Å²) < 4.78 is 2.82. The quantitative estimate of drug-likeness (QED) is 0.658. The van der Waals surface area contributed by atoms with Crippen molar-refractivity contribution in [1.82, 2.24) is 14.4 Å². The first-order chi connectivity index (χ1) is 11.1. The zero-order valence-corrected chi connectivity index (χ0v) is 14.2. The zero-order chi connectivity index (χ0) is 16.0. The minimum absolute atomic E-state index is 0.0977. The summed E-state index contributed by atoms with van der Waals surface area (Å²) in [5.74, 6) is 0.770. The third-order valence-corrected chi connectivity index (χ3v) is 4.56. The molecule has 3 heterocycles. The molecule has 5 nitrogen and oxygen atoms in total. The first kappa shape index (κ1) is 14.4. The Labute approximate surface area is 142 Å². The molecule has 23 heavy (non-hydrogen) atoms. The topological polar surface area (TPSA) is 50.5 Å². The summed E-state index contributed by atoms with van der Waals surface area (Å²) in [7, 11) is 0. The minimum atomic E-state index is 0.0977. The van der Waals surface area contributed by atoms with Crippen molar-refractivity contribution in [3.05, 3.63) is 46.8 Å². The van der Waals surface area contributed by atoms with E-state index in [1.54, 1.807) is 13.1 Å². The molecule has 0 radical (unpaired) electrons. The number of nitrogens with zero attached hydrogens (tertiary/aromatic N) is 4. The van der Waals surface area contributed by atoms with Gasteiger partial charge >= 0.3 is 0 Å². The highest BCUT2D eigenvalue weighted by Gasteiger charge is 2.20. The molecule has 0 bridgehead atoms. The fourth-order valence-electron chi connectivity index (χ4n) is 3.08. The van der Waals surface area contributed by atoms with Gasteiger partial charge in [-0.25, -0.2) is 9.97 Å². The number of fused-ring (bicyclic) bond motifs is 2. The lowest BCUT2D eigenvalue weighted by molar-refractivity contribution is -0.116. The maximum absolute atomic E-state index is 11.8. The fourth-order valence-corrected chi connectivity index (χ4v) is 3.41. The van der Waals surface area contributed by atoms with Crippen molar-refractivity contribution < 1.29 is 4.79 Å². The van der Waals surface area contributed by atoms with Gasteiger partial charge < -0.3 is 4.90 Å². The number of aromatic nitrogens is 3. The van der Waals surface area contributed by atoms with Crippen LogP contribution in [-0.4, -0.2) is 26.8 Å². The van der Waals surface area contributed by atoms with Gasteiger partial charge in [0.05, 0.1) is 10.2 Å². The van der Waals surface area contributed by atoms with Crippen LogP contribution in [0.15, 0.2) is 41.3 Å². The number of halogens is 1. The van der Waals surface area contributed by atoms with Gasteiger partial charge in [0.15, 0.2) is 0 Å². The number of hydrogen-bond donors (Lipinski definition) is 0. The monoisotopic (exact) mass is 370 g/mol. The first-order valence-corrected chi connectivity index (χ1v) is 8.33. The molecule has 0 N–H and O–H groups in total. The molecule has 3 aromatic rings. The zero-order valence-electron chi connectivity index (χ0n) is 12.7. The van der Waals surface area contributed by atoms with Crippen LogP contribution >= 0.6 is 15.9 Å². The van der Waals surface area contributed by atoms with Crippen molar-refractivity contribution >= 4 is 33.3 Å². The first-order valence-electron chi connectivity index (χ1n) is 7.53. The highest BCUT2D eigenvalue weighted by molar-refractivity contribution is 9.10. The Morgan fingerprint density at radius 2 is 2.17 bits per heavy atom. The number of carbonyl (C=O) groups excluding carboxylic acids is 1. The van der Waals surface area contributed by atoms with Gasteiger partial charge in [-0.2, -0.15) is 0 Å². The molecule has 0 spiro atoms. The van der Waals surface area contributed by atoms with E-state index in [4.69, 9.17) is 0 Å². The van der Waals surface area contributed by atoms with E-state index in [1.807, 2.05) is 33.8 Å². The summed E-state index contributed by atoms with van der Waals surface area (Å²) in [6.07, 6.45) is 7.64. The fraction of sp³-hybridized carbons (Fsp3) is 0.235. The largest absolute Gasteiger partial charge is 0.312 e. The Balaban J connectivity index is 1.78. The van der Waals surface area contributed by atoms with Gasteiger partial charge in [-0.05, 0) is 46.5 Å². The Hall–Kier alpha value is -2.21. The molecule has 1 aromatic carbocycles. The van der Waals surface area contributed by atoms with Crippen LogP contribution in [0.5, 0.6) is 0 Å². The van der Waals surface area contributed by atoms with E-state index in [0.717, 1.165) is 40.8 Å². The minimum Gasteiger partial charge on any atom is -0.312 e. The van der Waals surface area contributed by atoms with Gasteiger partial charge in [0.2, 0.25) is 11.7 Å². The van der Waals surface area contributed by atoms with Crippen molar-refractivity contribution in [2.45, 2.75) is 19.8 Å². The van der Waals surface area contributed by atoms with E-state index in [0.29, 0.717) is 5.78 Å². The smallest absolute Gasteiger partial charge is 0.234 e. The molecule has 6 heteroatoms. The molecular formula is C17H15BrN4O. The third-order valence-electron chi connectivity index (χ3n) is 4.15. The summed E-state index contributed by atoms with van der Waals surface area (Å²) >= 11 is 3.42. The van der Waals surface area contributed by atoms with Crippen LogP contribution in [0, 0.1) is 0 Å². The second-order valence-corrected chi connectivity index (χ2v) is 6.64. The molecule has 0 fully saturated rings. The maximum Gasteiger partial charge on any atom is 0.234 e. The molecule has 0 saturated heterocycles. The highest BCUT2D eigenvalue weighted by atomic mass is 79.9. The Morgan fingerprint density at radius 1 is 1.30 bits per heavy atom. The van der Waals surface area contributed by atoms with Crippen molar-refractivity contribution in [3.8, 4) is 11.3 Å². The average molecular weight is 371 g/mol. The van der Waals surface area contributed by atoms with Crippen LogP contribution < -0.4 is 4.90 Å². The molecule has 0 saturated carbocycles. The van der Waals surface area contributed by atoms with Gasteiger partial charge in [-0.1, -0.05) is 6.07 Å².